The molecule has 2 atom stereocenters. The van der Waals surface area contributed by atoms with Gasteiger partial charge >= 0.3 is 0 Å². The predicted molar refractivity (Wildman–Crippen MR) is 87.6 cm³/mol. The van der Waals surface area contributed by atoms with Gasteiger partial charge in [0.25, 0.3) is 10.2 Å². The quantitative estimate of drug-likeness (QED) is 0.815. The highest BCUT2D eigenvalue weighted by atomic mass is 32.2. The van der Waals surface area contributed by atoms with Gasteiger partial charge in [0.1, 0.15) is 0 Å². The lowest BCUT2D eigenvalue weighted by molar-refractivity contribution is -0.137. The molecule has 3 rings (SSSR count). The summed E-state index contributed by atoms with van der Waals surface area (Å²) in [6.45, 7) is 1.80. The Morgan fingerprint density at radius 1 is 1.22 bits per heavy atom. The molecule has 2 aliphatic heterocycles. The third-order valence-corrected chi connectivity index (χ3v) is 6.77. The van der Waals surface area contributed by atoms with Crippen LogP contribution in [0.25, 0.3) is 0 Å². The summed E-state index contributed by atoms with van der Waals surface area (Å²) < 4.78 is 28.4. The van der Waals surface area contributed by atoms with Gasteiger partial charge in [-0.05, 0) is 17.9 Å². The first-order valence-corrected chi connectivity index (χ1v) is 9.29. The number of carbonyl (C=O) groups is 1. The molecule has 0 aromatic heterocycles. The van der Waals surface area contributed by atoms with E-state index < -0.39 is 10.2 Å². The van der Waals surface area contributed by atoms with E-state index in [4.69, 9.17) is 0 Å². The molecule has 0 aliphatic carbocycles. The van der Waals surface area contributed by atoms with Crippen LogP contribution < -0.4 is 0 Å². The normalized spacial score (nSPS) is 25.9. The Morgan fingerprint density at radius 2 is 1.91 bits per heavy atom. The van der Waals surface area contributed by atoms with Crippen molar-refractivity contribution in [2.24, 2.45) is 11.8 Å². The monoisotopic (exact) mass is 337 g/mol. The van der Waals surface area contributed by atoms with Crippen molar-refractivity contribution in [1.29, 1.82) is 0 Å². The van der Waals surface area contributed by atoms with Gasteiger partial charge in [0.2, 0.25) is 5.91 Å². The van der Waals surface area contributed by atoms with Crippen LogP contribution in [-0.2, 0) is 21.5 Å². The Balaban J connectivity index is 1.72. The van der Waals surface area contributed by atoms with Crippen LogP contribution in [0.5, 0.6) is 0 Å². The van der Waals surface area contributed by atoms with Crippen molar-refractivity contribution in [2.75, 3.05) is 33.7 Å². The smallest absolute Gasteiger partial charge is 0.282 e. The Kier molecular flexibility index (Phi) is 4.44. The van der Waals surface area contributed by atoms with Crippen molar-refractivity contribution in [3.63, 3.8) is 0 Å². The second-order valence-corrected chi connectivity index (χ2v) is 8.52. The SMILES string of the molecule is CN1CC[C@@H]2CN(S(=O)(=O)N(C)Cc3ccccc3)C[C@@H]2C1=O. The molecule has 1 aromatic carbocycles. The minimum absolute atomic E-state index is 0.0738. The van der Waals surface area contributed by atoms with Gasteiger partial charge in [-0.1, -0.05) is 30.3 Å². The van der Waals surface area contributed by atoms with Gasteiger partial charge in [0.05, 0.1) is 5.92 Å². The van der Waals surface area contributed by atoms with E-state index in [1.165, 1.54) is 8.61 Å². The summed E-state index contributed by atoms with van der Waals surface area (Å²) in [5, 5.41) is 0. The topological polar surface area (TPSA) is 60.9 Å². The van der Waals surface area contributed by atoms with E-state index in [-0.39, 0.29) is 17.7 Å². The zero-order valence-corrected chi connectivity index (χ0v) is 14.4. The number of amides is 1. The van der Waals surface area contributed by atoms with Gasteiger partial charge in [-0.15, -0.1) is 0 Å². The van der Waals surface area contributed by atoms with Crippen molar-refractivity contribution in [2.45, 2.75) is 13.0 Å². The van der Waals surface area contributed by atoms with Crippen molar-refractivity contribution in [3.05, 3.63) is 35.9 Å². The first kappa shape index (κ1) is 16.4. The molecular formula is C16H23N3O3S. The molecule has 0 unspecified atom stereocenters. The van der Waals surface area contributed by atoms with Crippen molar-refractivity contribution in [3.8, 4) is 0 Å². The second-order valence-electron chi connectivity index (χ2n) is 6.48. The van der Waals surface area contributed by atoms with Crippen LogP contribution in [0.2, 0.25) is 0 Å². The molecule has 1 amide bonds. The maximum absolute atomic E-state index is 12.8. The second kappa shape index (κ2) is 6.22. The maximum atomic E-state index is 12.8. The molecule has 0 saturated carbocycles. The summed E-state index contributed by atoms with van der Waals surface area (Å²) in [6, 6.07) is 9.53. The maximum Gasteiger partial charge on any atom is 0.282 e. The Bertz CT molecular complexity index is 677. The standard InChI is InChI=1S/C16H23N3O3S/c1-17-9-8-14-11-19(12-15(14)16(17)20)23(21,22)18(2)10-13-6-4-3-5-7-13/h3-7,14-15H,8-12H2,1-2H3/t14-,15+/m1/s1. The molecule has 0 spiro atoms. The van der Waals surface area contributed by atoms with E-state index in [9.17, 15) is 13.2 Å². The van der Waals surface area contributed by atoms with E-state index >= 15 is 0 Å². The average molecular weight is 337 g/mol. The number of carbonyl (C=O) groups excluding carboxylic acids is 1. The fourth-order valence-electron chi connectivity index (χ4n) is 3.46. The van der Waals surface area contributed by atoms with Gasteiger partial charge < -0.3 is 4.90 Å². The van der Waals surface area contributed by atoms with Gasteiger partial charge in [-0.3, -0.25) is 4.79 Å². The van der Waals surface area contributed by atoms with Crippen LogP contribution in [0.15, 0.2) is 30.3 Å². The molecule has 0 N–H and O–H groups in total. The summed E-state index contributed by atoms with van der Waals surface area (Å²) in [6.07, 6.45) is 0.876. The summed E-state index contributed by atoms with van der Waals surface area (Å²) in [4.78, 5) is 13.9. The highest BCUT2D eigenvalue weighted by Crippen LogP contribution is 2.33. The first-order valence-electron chi connectivity index (χ1n) is 7.90. The van der Waals surface area contributed by atoms with Crippen LogP contribution in [0.3, 0.4) is 0 Å². The van der Waals surface area contributed by atoms with Gasteiger partial charge in [-0.2, -0.15) is 17.0 Å². The van der Waals surface area contributed by atoms with Gasteiger partial charge in [0.15, 0.2) is 0 Å². The highest BCUT2D eigenvalue weighted by molar-refractivity contribution is 7.86. The van der Waals surface area contributed by atoms with Crippen molar-refractivity contribution >= 4 is 16.1 Å². The number of piperidine rings is 1. The van der Waals surface area contributed by atoms with E-state index in [1.807, 2.05) is 30.3 Å². The van der Waals surface area contributed by atoms with Crippen molar-refractivity contribution in [1.82, 2.24) is 13.5 Å². The fraction of sp³-hybridized carbons (Fsp3) is 0.562. The number of nitrogens with zero attached hydrogens (tertiary/aromatic N) is 3. The number of rotatable bonds is 4. The highest BCUT2D eigenvalue weighted by Gasteiger charge is 2.46. The van der Waals surface area contributed by atoms with E-state index in [0.29, 0.717) is 26.2 Å². The minimum Gasteiger partial charge on any atom is -0.345 e. The average Bonchev–Trinajstić information content (AvgIpc) is 2.98. The van der Waals surface area contributed by atoms with Crippen LogP contribution in [-0.4, -0.2) is 61.6 Å². The molecule has 1 aromatic rings. The fourth-order valence-corrected chi connectivity index (χ4v) is 4.90. The summed E-state index contributed by atoms with van der Waals surface area (Å²) in [5.74, 6) is 0.0388. The molecule has 6 nitrogen and oxygen atoms in total. The summed E-state index contributed by atoms with van der Waals surface area (Å²) >= 11 is 0. The molecule has 0 radical (unpaired) electrons. The molecule has 0 bridgehead atoms. The lowest BCUT2D eigenvalue weighted by atomic mass is 9.88. The summed E-state index contributed by atoms with van der Waals surface area (Å²) in [5.41, 5.74) is 0.950. The number of fused-ring (bicyclic) bond motifs is 1. The Labute approximate surface area is 137 Å². The zero-order chi connectivity index (χ0) is 16.6. The molecule has 126 valence electrons. The molecule has 2 fully saturated rings. The Hall–Kier alpha value is -1.44. The largest absolute Gasteiger partial charge is 0.345 e. The van der Waals surface area contributed by atoms with Crippen LogP contribution in [0.4, 0.5) is 0 Å². The first-order chi connectivity index (χ1) is 10.9. The number of hydrogen-bond donors (Lipinski definition) is 0. The molecule has 23 heavy (non-hydrogen) atoms. The van der Waals surface area contributed by atoms with Gasteiger partial charge in [-0.25, -0.2) is 0 Å². The Morgan fingerprint density at radius 3 is 2.61 bits per heavy atom. The zero-order valence-electron chi connectivity index (χ0n) is 13.6. The number of likely N-dealkylation sites (tertiary alicyclic amines) is 1. The summed E-state index contributed by atoms with van der Waals surface area (Å²) in [7, 11) is -0.156. The minimum atomic E-state index is -3.54. The molecule has 2 heterocycles. The van der Waals surface area contributed by atoms with Crippen LogP contribution in [0, 0.1) is 11.8 Å². The van der Waals surface area contributed by atoms with Crippen LogP contribution in [0.1, 0.15) is 12.0 Å². The van der Waals surface area contributed by atoms with Crippen LogP contribution >= 0.6 is 0 Å². The lowest BCUT2D eigenvalue weighted by Crippen LogP contribution is -2.43. The molecule has 2 saturated heterocycles. The third-order valence-electron chi connectivity index (χ3n) is 4.90. The van der Waals surface area contributed by atoms with Gasteiger partial charge in [0, 0.05) is 40.3 Å². The number of benzene rings is 1. The lowest BCUT2D eigenvalue weighted by Gasteiger charge is -2.30. The number of hydrogen-bond acceptors (Lipinski definition) is 3. The van der Waals surface area contributed by atoms with E-state index in [0.717, 1.165) is 12.0 Å². The van der Waals surface area contributed by atoms with Crippen molar-refractivity contribution < 1.29 is 13.2 Å². The molecule has 7 heteroatoms. The molecule has 2 aliphatic rings. The predicted octanol–water partition coefficient (Wildman–Crippen LogP) is 0.773. The third kappa shape index (κ3) is 3.13. The molecular weight excluding hydrogens is 314 g/mol. The van der Waals surface area contributed by atoms with E-state index in [1.54, 1.807) is 19.0 Å². The van der Waals surface area contributed by atoms with E-state index in [2.05, 4.69) is 0 Å².